The van der Waals surface area contributed by atoms with Gasteiger partial charge in [-0.1, -0.05) is 19.9 Å². The van der Waals surface area contributed by atoms with Crippen molar-refractivity contribution in [2.75, 3.05) is 0 Å². The van der Waals surface area contributed by atoms with Crippen LogP contribution < -0.4 is 0 Å². The van der Waals surface area contributed by atoms with E-state index in [0.717, 1.165) is 24.1 Å². The van der Waals surface area contributed by atoms with Crippen LogP contribution in [-0.4, -0.2) is 19.7 Å². The van der Waals surface area contributed by atoms with Crippen molar-refractivity contribution in [2.24, 2.45) is 5.92 Å². The van der Waals surface area contributed by atoms with Gasteiger partial charge in [0.15, 0.2) is 0 Å². The summed E-state index contributed by atoms with van der Waals surface area (Å²) >= 11 is 0. The lowest BCUT2D eigenvalue weighted by molar-refractivity contribution is 0.275. The second-order valence-corrected chi connectivity index (χ2v) is 7.76. The molecule has 2 aromatic heterocycles. The molecule has 0 spiro atoms. The third-order valence-electron chi connectivity index (χ3n) is 5.77. The first kappa shape index (κ1) is 17.8. The highest BCUT2D eigenvalue weighted by Crippen LogP contribution is 2.46. The molecule has 6 heteroatoms. The van der Waals surface area contributed by atoms with Gasteiger partial charge in [0.1, 0.15) is 11.6 Å². The fourth-order valence-electron chi connectivity index (χ4n) is 4.18. The van der Waals surface area contributed by atoms with E-state index >= 15 is 0 Å². The molecule has 0 unspecified atom stereocenters. The number of halogens is 2. The van der Waals surface area contributed by atoms with Crippen molar-refractivity contribution in [3.8, 4) is 11.3 Å². The van der Waals surface area contributed by atoms with Gasteiger partial charge in [0.2, 0.25) is 0 Å². The molecule has 2 heterocycles. The molecule has 0 N–H and O–H groups in total. The molecule has 4 rings (SSSR count). The Balaban J connectivity index is 1.91. The van der Waals surface area contributed by atoms with Gasteiger partial charge in [-0.15, -0.1) is 5.10 Å². The second kappa shape index (κ2) is 6.51. The summed E-state index contributed by atoms with van der Waals surface area (Å²) in [6.45, 7) is 6.44. The van der Waals surface area contributed by atoms with Crippen LogP contribution in [0.5, 0.6) is 0 Å². The Morgan fingerprint density at radius 3 is 2.56 bits per heavy atom. The molecule has 0 fully saturated rings. The monoisotopic (exact) mass is 368 g/mol. The van der Waals surface area contributed by atoms with Crippen molar-refractivity contribution >= 4 is 0 Å². The van der Waals surface area contributed by atoms with E-state index in [1.807, 2.05) is 16.8 Å². The molecule has 0 saturated carbocycles. The van der Waals surface area contributed by atoms with Crippen molar-refractivity contribution in [3.05, 3.63) is 65.9 Å². The second-order valence-electron chi connectivity index (χ2n) is 7.76. The summed E-state index contributed by atoms with van der Waals surface area (Å²) in [7, 11) is 0. The van der Waals surface area contributed by atoms with Crippen molar-refractivity contribution in [1.29, 1.82) is 0 Å². The lowest BCUT2D eigenvalue weighted by Gasteiger charge is -2.40. The van der Waals surface area contributed by atoms with Crippen molar-refractivity contribution < 1.29 is 8.78 Å². The normalized spacial score (nSPS) is 22.1. The van der Waals surface area contributed by atoms with Gasteiger partial charge in [-0.25, -0.2) is 13.8 Å². The fourth-order valence-corrected chi connectivity index (χ4v) is 4.18. The highest BCUT2D eigenvalue weighted by molar-refractivity contribution is 5.62. The minimum atomic E-state index is -0.626. The molecule has 1 aliphatic carbocycles. The van der Waals surface area contributed by atoms with Crippen LogP contribution in [-0.2, 0) is 5.54 Å². The molecule has 3 aromatic rings. The van der Waals surface area contributed by atoms with Crippen LogP contribution in [0.3, 0.4) is 0 Å². The maximum atomic E-state index is 14.3. The van der Waals surface area contributed by atoms with E-state index in [9.17, 15) is 8.78 Å². The van der Waals surface area contributed by atoms with E-state index < -0.39 is 11.6 Å². The van der Waals surface area contributed by atoms with E-state index in [-0.39, 0.29) is 22.7 Å². The fraction of sp³-hybridized carbons (Fsp3) is 0.381. The van der Waals surface area contributed by atoms with Gasteiger partial charge in [-0.3, -0.25) is 0 Å². The Labute approximate surface area is 157 Å². The van der Waals surface area contributed by atoms with Crippen molar-refractivity contribution in [3.63, 3.8) is 0 Å². The zero-order valence-electron chi connectivity index (χ0n) is 15.7. The van der Waals surface area contributed by atoms with Gasteiger partial charge < -0.3 is 4.57 Å². The van der Waals surface area contributed by atoms with Crippen LogP contribution in [0.1, 0.15) is 50.8 Å². The molecule has 4 nitrogen and oxygen atoms in total. The quantitative estimate of drug-likeness (QED) is 0.659. The smallest absolute Gasteiger partial charge is 0.135 e. The molecule has 0 amide bonds. The maximum Gasteiger partial charge on any atom is 0.135 e. The van der Waals surface area contributed by atoms with Crippen LogP contribution in [0.2, 0.25) is 0 Å². The number of fused-ring (bicyclic) bond motifs is 1. The van der Waals surface area contributed by atoms with Gasteiger partial charge in [-0.05, 0) is 55.4 Å². The average molecular weight is 368 g/mol. The number of nitrogens with zero attached hydrogens (tertiary/aromatic N) is 4. The molecule has 2 atom stereocenters. The summed E-state index contributed by atoms with van der Waals surface area (Å²) in [6, 6.07) is 5.67. The molecule has 27 heavy (non-hydrogen) atoms. The summed E-state index contributed by atoms with van der Waals surface area (Å²) in [6.07, 6.45) is 7.32. The zero-order valence-corrected chi connectivity index (χ0v) is 15.7. The first-order valence-electron chi connectivity index (χ1n) is 9.22. The molecule has 0 bridgehead atoms. The molecule has 140 valence electrons. The topological polar surface area (TPSA) is 43.6 Å². The minimum absolute atomic E-state index is 0.120. The molecule has 0 saturated heterocycles. The average Bonchev–Trinajstić information content (AvgIpc) is 3.17. The molecular formula is C21H22F2N4. The van der Waals surface area contributed by atoms with Crippen LogP contribution in [0.4, 0.5) is 8.78 Å². The third kappa shape index (κ3) is 2.83. The third-order valence-corrected chi connectivity index (χ3v) is 5.77. The van der Waals surface area contributed by atoms with Crippen molar-refractivity contribution in [1.82, 2.24) is 19.7 Å². The number of hydrogen-bond donors (Lipinski definition) is 0. The lowest BCUT2D eigenvalue weighted by atomic mass is 9.71. The Hall–Kier alpha value is -2.63. The highest BCUT2D eigenvalue weighted by Gasteiger charge is 2.40. The lowest BCUT2D eigenvalue weighted by Crippen LogP contribution is -2.38. The molecule has 0 aliphatic heterocycles. The standard InChI is InChI=1S/C21H22F2N4/c1-13(2)14-7-8-21(3,27-10-9-24-12-27)20-15(14)11-18(25-26-20)19-16(22)5-4-6-17(19)23/h4-6,9-14H,7-8H2,1-3H3/t14-,21+/m1/s1. The van der Waals surface area contributed by atoms with Gasteiger partial charge >= 0.3 is 0 Å². The van der Waals surface area contributed by atoms with E-state index in [2.05, 4.69) is 36.0 Å². The van der Waals surface area contributed by atoms with E-state index in [1.54, 1.807) is 12.5 Å². The number of imidazole rings is 1. The van der Waals surface area contributed by atoms with Crippen LogP contribution in [0, 0.1) is 17.6 Å². The summed E-state index contributed by atoms with van der Waals surface area (Å²) in [5.74, 6) is -0.601. The number of rotatable bonds is 3. The van der Waals surface area contributed by atoms with E-state index in [1.165, 1.54) is 18.2 Å². The predicted molar refractivity (Wildman–Crippen MR) is 99.2 cm³/mol. The Morgan fingerprint density at radius 1 is 1.19 bits per heavy atom. The number of aromatic nitrogens is 4. The van der Waals surface area contributed by atoms with Crippen molar-refractivity contribution in [2.45, 2.75) is 45.1 Å². The molecular weight excluding hydrogens is 346 g/mol. The predicted octanol–water partition coefficient (Wildman–Crippen LogP) is 4.92. The van der Waals surface area contributed by atoms with Crippen LogP contribution in [0.25, 0.3) is 11.3 Å². The molecule has 1 aromatic carbocycles. The highest BCUT2D eigenvalue weighted by atomic mass is 19.1. The van der Waals surface area contributed by atoms with E-state index in [0.29, 0.717) is 5.92 Å². The summed E-state index contributed by atoms with van der Waals surface area (Å²) in [5.41, 5.74) is 1.61. The maximum absolute atomic E-state index is 14.3. The largest absolute Gasteiger partial charge is 0.326 e. The zero-order chi connectivity index (χ0) is 19.2. The van der Waals surface area contributed by atoms with Crippen LogP contribution in [0.15, 0.2) is 43.0 Å². The van der Waals surface area contributed by atoms with Gasteiger partial charge in [0.25, 0.3) is 0 Å². The summed E-state index contributed by atoms with van der Waals surface area (Å²) < 4.78 is 30.6. The summed E-state index contributed by atoms with van der Waals surface area (Å²) in [4.78, 5) is 4.17. The SMILES string of the molecule is CC(C)[C@H]1CC[C@](C)(n2ccnc2)c2nnc(-c3c(F)cccc3F)cc21. The first-order chi connectivity index (χ1) is 12.9. The Kier molecular flexibility index (Phi) is 4.29. The Bertz CT molecular complexity index is 948. The van der Waals surface area contributed by atoms with Gasteiger partial charge in [0.05, 0.1) is 28.8 Å². The first-order valence-corrected chi connectivity index (χ1v) is 9.22. The number of benzene rings is 1. The molecule has 1 aliphatic rings. The number of hydrogen-bond acceptors (Lipinski definition) is 3. The van der Waals surface area contributed by atoms with Crippen LogP contribution >= 0.6 is 0 Å². The molecule has 0 radical (unpaired) electrons. The van der Waals surface area contributed by atoms with Gasteiger partial charge in [-0.2, -0.15) is 5.10 Å². The van der Waals surface area contributed by atoms with Gasteiger partial charge in [0, 0.05) is 12.4 Å². The van der Waals surface area contributed by atoms with E-state index in [4.69, 9.17) is 0 Å². The Morgan fingerprint density at radius 2 is 1.93 bits per heavy atom. The summed E-state index contributed by atoms with van der Waals surface area (Å²) in [5, 5.41) is 8.71. The minimum Gasteiger partial charge on any atom is -0.326 e.